The molecule has 2 aromatic carbocycles. The van der Waals surface area contributed by atoms with Crippen molar-refractivity contribution in [2.75, 3.05) is 11.9 Å². The molecule has 2 rings (SSSR count). The van der Waals surface area contributed by atoms with E-state index in [0.717, 1.165) is 6.07 Å². The van der Waals surface area contributed by atoms with E-state index in [9.17, 15) is 15.2 Å². The number of rotatable bonds is 5. The first-order valence-corrected chi connectivity index (χ1v) is 6.34. The first kappa shape index (κ1) is 13.9. The first-order valence-electron chi connectivity index (χ1n) is 6.34. The number of nitro groups is 1. The van der Waals surface area contributed by atoms with Gasteiger partial charge in [0.25, 0.3) is 5.69 Å². The van der Waals surface area contributed by atoms with Crippen LogP contribution in [0.2, 0.25) is 0 Å². The summed E-state index contributed by atoms with van der Waals surface area (Å²) in [7, 11) is 0. The zero-order valence-corrected chi connectivity index (χ0v) is 11.1. The van der Waals surface area contributed by atoms with Crippen LogP contribution in [0.5, 0.6) is 5.75 Å². The molecule has 0 aliphatic rings. The molecular weight excluding hydrogens is 256 g/mol. The average Bonchev–Trinajstić information content (AvgIpc) is 2.46. The van der Waals surface area contributed by atoms with E-state index in [1.165, 1.54) is 17.7 Å². The van der Waals surface area contributed by atoms with Crippen molar-refractivity contribution in [1.29, 1.82) is 0 Å². The highest BCUT2D eigenvalue weighted by Crippen LogP contribution is 2.29. The van der Waals surface area contributed by atoms with E-state index in [4.69, 9.17) is 0 Å². The highest BCUT2D eigenvalue weighted by Gasteiger charge is 2.15. The van der Waals surface area contributed by atoms with Gasteiger partial charge in [0.15, 0.2) is 0 Å². The Morgan fingerprint density at radius 3 is 2.60 bits per heavy atom. The Balaban J connectivity index is 2.09. The SMILES string of the molecule is CC(CNc1ccc(O)cc1[N+](=O)[O-])c1ccccc1. The molecule has 1 unspecified atom stereocenters. The van der Waals surface area contributed by atoms with Gasteiger partial charge in [0, 0.05) is 6.54 Å². The molecule has 0 fully saturated rings. The topological polar surface area (TPSA) is 75.4 Å². The van der Waals surface area contributed by atoms with Crippen LogP contribution >= 0.6 is 0 Å². The Kier molecular flexibility index (Phi) is 4.20. The molecule has 0 amide bonds. The molecule has 2 aromatic rings. The summed E-state index contributed by atoms with van der Waals surface area (Å²) in [4.78, 5) is 10.4. The molecule has 0 aliphatic heterocycles. The first-order chi connectivity index (χ1) is 9.58. The molecular formula is C15H16N2O3. The average molecular weight is 272 g/mol. The molecule has 0 bridgehead atoms. The van der Waals surface area contributed by atoms with Crippen molar-refractivity contribution in [1.82, 2.24) is 0 Å². The monoisotopic (exact) mass is 272 g/mol. The summed E-state index contributed by atoms with van der Waals surface area (Å²) >= 11 is 0. The van der Waals surface area contributed by atoms with Gasteiger partial charge in [-0.05, 0) is 23.6 Å². The summed E-state index contributed by atoms with van der Waals surface area (Å²) in [6, 6.07) is 14.0. The smallest absolute Gasteiger partial charge is 0.296 e. The van der Waals surface area contributed by atoms with Gasteiger partial charge < -0.3 is 10.4 Å². The zero-order valence-electron chi connectivity index (χ0n) is 11.1. The van der Waals surface area contributed by atoms with Gasteiger partial charge in [0.05, 0.1) is 11.0 Å². The molecule has 0 saturated carbocycles. The van der Waals surface area contributed by atoms with Crippen molar-refractivity contribution < 1.29 is 10.0 Å². The number of nitro benzene ring substituents is 1. The number of hydrogen-bond donors (Lipinski definition) is 2. The van der Waals surface area contributed by atoms with Gasteiger partial charge in [0.2, 0.25) is 0 Å². The van der Waals surface area contributed by atoms with Gasteiger partial charge in [0.1, 0.15) is 11.4 Å². The van der Waals surface area contributed by atoms with E-state index in [1.54, 1.807) is 0 Å². The lowest BCUT2D eigenvalue weighted by Crippen LogP contribution is -2.10. The predicted octanol–water partition coefficient (Wildman–Crippen LogP) is 3.52. The van der Waals surface area contributed by atoms with Crippen LogP contribution in [0, 0.1) is 10.1 Å². The number of nitrogens with one attached hydrogen (secondary N) is 1. The molecule has 0 aromatic heterocycles. The van der Waals surface area contributed by atoms with Crippen LogP contribution in [-0.2, 0) is 0 Å². The molecule has 0 saturated heterocycles. The molecule has 0 aliphatic carbocycles. The minimum absolute atomic E-state index is 0.113. The number of benzene rings is 2. The summed E-state index contributed by atoms with van der Waals surface area (Å²) in [6.07, 6.45) is 0. The van der Waals surface area contributed by atoms with E-state index in [0.29, 0.717) is 12.2 Å². The summed E-state index contributed by atoms with van der Waals surface area (Å²) in [5.74, 6) is 0.114. The summed E-state index contributed by atoms with van der Waals surface area (Å²) in [6.45, 7) is 2.63. The van der Waals surface area contributed by atoms with Gasteiger partial charge in [-0.15, -0.1) is 0 Å². The second kappa shape index (κ2) is 6.06. The minimum atomic E-state index is -0.505. The van der Waals surface area contributed by atoms with Crippen LogP contribution in [0.25, 0.3) is 0 Å². The number of phenolic OH excluding ortho intramolecular Hbond substituents is 1. The lowest BCUT2D eigenvalue weighted by Gasteiger charge is -2.14. The van der Waals surface area contributed by atoms with Crippen molar-refractivity contribution in [3.8, 4) is 5.75 Å². The molecule has 2 N–H and O–H groups in total. The third-order valence-electron chi connectivity index (χ3n) is 3.15. The van der Waals surface area contributed by atoms with Crippen LogP contribution in [-0.4, -0.2) is 16.6 Å². The Morgan fingerprint density at radius 2 is 1.95 bits per heavy atom. The number of aromatic hydroxyl groups is 1. The van der Waals surface area contributed by atoms with Gasteiger partial charge in [-0.25, -0.2) is 0 Å². The fraction of sp³-hybridized carbons (Fsp3) is 0.200. The quantitative estimate of drug-likeness (QED) is 0.496. The standard InChI is InChI=1S/C15H16N2O3/c1-11(12-5-3-2-4-6-12)10-16-14-8-7-13(18)9-15(14)17(19)20/h2-9,11,16,18H,10H2,1H3. The second-order valence-corrected chi connectivity index (χ2v) is 4.65. The maximum atomic E-state index is 10.9. The summed E-state index contributed by atoms with van der Waals surface area (Å²) in [5.41, 5.74) is 1.46. The highest BCUT2D eigenvalue weighted by atomic mass is 16.6. The lowest BCUT2D eigenvalue weighted by atomic mass is 10.0. The van der Waals surface area contributed by atoms with E-state index in [2.05, 4.69) is 12.2 Å². The van der Waals surface area contributed by atoms with Crippen molar-refractivity contribution in [3.63, 3.8) is 0 Å². The number of hydrogen-bond acceptors (Lipinski definition) is 4. The van der Waals surface area contributed by atoms with Crippen LogP contribution in [0.3, 0.4) is 0 Å². The second-order valence-electron chi connectivity index (χ2n) is 4.65. The van der Waals surface area contributed by atoms with E-state index in [-0.39, 0.29) is 17.4 Å². The molecule has 0 spiro atoms. The van der Waals surface area contributed by atoms with Gasteiger partial charge in [-0.3, -0.25) is 10.1 Å². The van der Waals surface area contributed by atoms with Crippen molar-refractivity contribution >= 4 is 11.4 Å². The van der Waals surface area contributed by atoms with E-state index >= 15 is 0 Å². The van der Waals surface area contributed by atoms with Crippen LogP contribution in [0.15, 0.2) is 48.5 Å². The third kappa shape index (κ3) is 3.26. The Labute approximate surface area is 117 Å². The van der Waals surface area contributed by atoms with E-state index < -0.39 is 4.92 Å². The maximum Gasteiger partial charge on any atom is 0.296 e. The number of phenols is 1. The minimum Gasteiger partial charge on any atom is -0.508 e. The fourth-order valence-electron chi connectivity index (χ4n) is 1.98. The Hall–Kier alpha value is -2.56. The van der Waals surface area contributed by atoms with Crippen molar-refractivity contribution in [3.05, 3.63) is 64.2 Å². The van der Waals surface area contributed by atoms with Crippen molar-refractivity contribution in [2.24, 2.45) is 0 Å². The lowest BCUT2D eigenvalue weighted by molar-refractivity contribution is -0.384. The highest BCUT2D eigenvalue weighted by molar-refractivity contribution is 5.63. The maximum absolute atomic E-state index is 10.9. The largest absolute Gasteiger partial charge is 0.508 e. The molecule has 5 heteroatoms. The number of anilines is 1. The predicted molar refractivity (Wildman–Crippen MR) is 78.1 cm³/mol. The molecule has 5 nitrogen and oxygen atoms in total. The molecule has 20 heavy (non-hydrogen) atoms. The van der Waals surface area contributed by atoms with Crippen LogP contribution in [0.4, 0.5) is 11.4 Å². The number of nitrogens with zero attached hydrogens (tertiary/aromatic N) is 1. The van der Waals surface area contributed by atoms with Crippen molar-refractivity contribution in [2.45, 2.75) is 12.8 Å². The van der Waals surface area contributed by atoms with Gasteiger partial charge >= 0.3 is 0 Å². The van der Waals surface area contributed by atoms with Crippen LogP contribution in [0.1, 0.15) is 18.4 Å². The van der Waals surface area contributed by atoms with E-state index in [1.807, 2.05) is 30.3 Å². The Morgan fingerprint density at radius 1 is 1.25 bits per heavy atom. The zero-order chi connectivity index (χ0) is 14.5. The van der Waals surface area contributed by atoms with Crippen LogP contribution < -0.4 is 5.32 Å². The van der Waals surface area contributed by atoms with Gasteiger partial charge in [-0.1, -0.05) is 37.3 Å². The fourth-order valence-corrected chi connectivity index (χ4v) is 1.98. The van der Waals surface area contributed by atoms with Gasteiger partial charge in [-0.2, -0.15) is 0 Å². The normalized spacial score (nSPS) is 11.8. The molecule has 1 atom stereocenters. The third-order valence-corrected chi connectivity index (χ3v) is 3.15. The summed E-state index contributed by atoms with van der Waals surface area (Å²) < 4.78 is 0. The molecule has 0 heterocycles. The Bertz CT molecular complexity index is 599. The summed E-state index contributed by atoms with van der Waals surface area (Å²) in [5, 5.41) is 23.3. The molecule has 104 valence electrons. The molecule has 0 radical (unpaired) electrons.